The monoisotopic (exact) mass is 338 g/mol. The minimum absolute atomic E-state index is 0.359. The van der Waals surface area contributed by atoms with E-state index in [0.717, 1.165) is 5.56 Å². The maximum Gasteiger partial charge on any atom is 0.219 e. The van der Waals surface area contributed by atoms with Gasteiger partial charge in [-0.05, 0) is 42.0 Å². The molecule has 8 heteroatoms. The molecule has 3 rings (SSSR count). The fraction of sp³-hybridized carbons (Fsp3) is 0. The molecule has 0 bridgehead atoms. The molecule has 21 heavy (non-hydrogen) atoms. The van der Waals surface area contributed by atoms with Gasteiger partial charge in [0.15, 0.2) is 5.76 Å². The van der Waals surface area contributed by atoms with E-state index in [1.807, 2.05) is 0 Å². The molecular formula is C13H8Cl2N4OS. The first-order valence-electron chi connectivity index (χ1n) is 5.86. The van der Waals surface area contributed by atoms with Crippen LogP contribution in [0.3, 0.4) is 0 Å². The Hall–Kier alpha value is -1.89. The van der Waals surface area contributed by atoms with Crippen LogP contribution in [0.5, 0.6) is 0 Å². The molecule has 0 aliphatic rings. The number of nitrogens with one attached hydrogen (secondary N) is 1. The van der Waals surface area contributed by atoms with Crippen LogP contribution in [0.4, 0.5) is 0 Å². The second kappa shape index (κ2) is 5.85. The highest BCUT2D eigenvalue weighted by Crippen LogP contribution is 2.22. The van der Waals surface area contributed by atoms with Gasteiger partial charge in [0.25, 0.3) is 0 Å². The number of nitrogens with zero attached hydrogens (tertiary/aromatic N) is 3. The molecule has 0 unspecified atom stereocenters. The van der Waals surface area contributed by atoms with Crippen LogP contribution in [0.2, 0.25) is 10.0 Å². The van der Waals surface area contributed by atoms with Gasteiger partial charge < -0.3 is 4.42 Å². The molecule has 0 aliphatic heterocycles. The summed E-state index contributed by atoms with van der Waals surface area (Å²) in [6.07, 6.45) is 3.17. The van der Waals surface area contributed by atoms with Gasteiger partial charge in [-0.1, -0.05) is 29.3 Å². The Morgan fingerprint density at radius 3 is 2.86 bits per heavy atom. The fourth-order valence-corrected chi connectivity index (χ4v) is 2.17. The maximum atomic E-state index is 5.96. The van der Waals surface area contributed by atoms with Crippen molar-refractivity contribution in [3.05, 3.63) is 57.0 Å². The van der Waals surface area contributed by atoms with Crippen molar-refractivity contribution in [1.82, 2.24) is 14.9 Å². The molecule has 0 saturated carbocycles. The van der Waals surface area contributed by atoms with Gasteiger partial charge in [0.1, 0.15) is 0 Å². The lowest BCUT2D eigenvalue weighted by molar-refractivity contribution is 0.573. The molecule has 5 nitrogen and oxygen atoms in total. The summed E-state index contributed by atoms with van der Waals surface area (Å²) in [6.45, 7) is 0. The number of H-pyrrole nitrogens is 1. The van der Waals surface area contributed by atoms with Crippen molar-refractivity contribution < 1.29 is 4.42 Å². The van der Waals surface area contributed by atoms with E-state index >= 15 is 0 Å². The summed E-state index contributed by atoms with van der Waals surface area (Å²) in [6, 6.07) is 8.75. The van der Waals surface area contributed by atoms with Crippen molar-refractivity contribution in [2.75, 3.05) is 0 Å². The third-order valence-electron chi connectivity index (χ3n) is 2.66. The first-order valence-corrected chi connectivity index (χ1v) is 7.02. The first-order chi connectivity index (χ1) is 10.1. The summed E-state index contributed by atoms with van der Waals surface area (Å²) in [4.78, 5) is 0. The van der Waals surface area contributed by atoms with E-state index < -0.39 is 0 Å². The Labute approximate surface area is 134 Å². The van der Waals surface area contributed by atoms with E-state index in [1.54, 1.807) is 42.8 Å². The average molecular weight is 339 g/mol. The summed E-state index contributed by atoms with van der Waals surface area (Å²) < 4.78 is 7.13. The van der Waals surface area contributed by atoms with E-state index in [0.29, 0.717) is 26.4 Å². The molecule has 0 amide bonds. The topological polar surface area (TPSA) is 59.1 Å². The molecule has 0 spiro atoms. The largest absolute Gasteiger partial charge is 0.461 e. The van der Waals surface area contributed by atoms with Crippen LogP contribution in [0.1, 0.15) is 5.56 Å². The highest BCUT2D eigenvalue weighted by atomic mass is 35.5. The summed E-state index contributed by atoms with van der Waals surface area (Å²) in [7, 11) is 0. The number of aromatic nitrogens is 3. The Bertz CT molecular complexity index is 851. The van der Waals surface area contributed by atoms with E-state index in [4.69, 9.17) is 39.8 Å². The highest BCUT2D eigenvalue weighted by molar-refractivity contribution is 7.71. The molecule has 2 heterocycles. The van der Waals surface area contributed by atoms with Crippen molar-refractivity contribution in [1.29, 1.82) is 0 Å². The van der Waals surface area contributed by atoms with Gasteiger partial charge in [0, 0.05) is 0 Å². The number of hydrogen-bond acceptors (Lipinski definition) is 4. The fourth-order valence-electron chi connectivity index (χ4n) is 1.68. The molecule has 0 radical (unpaired) electrons. The number of halogens is 2. The second-order valence-corrected chi connectivity index (χ2v) is 5.26. The molecule has 1 N–H and O–H groups in total. The summed E-state index contributed by atoms with van der Waals surface area (Å²) in [5, 5.41) is 12.0. The molecule has 1 aromatic carbocycles. The SMILES string of the molecule is S=c1[nH]nc(-c2ccco2)n1N=Cc1ccc(Cl)c(Cl)c1. The van der Waals surface area contributed by atoms with Gasteiger partial charge in [-0.15, -0.1) is 5.10 Å². The first kappa shape index (κ1) is 14.1. The highest BCUT2D eigenvalue weighted by Gasteiger charge is 2.10. The van der Waals surface area contributed by atoms with E-state index in [-0.39, 0.29) is 0 Å². The Morgan fingerprint density at radius 2 is 2.14 bits per heavy atom. The molecule has 106 valence electrons. The standard InChI is InChI=1S/C13H8Cl2N4OS/c14-9-4-3-8(6-10(9)15)7-16-19-12(17-18-13(19)21)11-2-1-5-20-11/h1-7H,(H,18,21). The quantitative estimate of drug-likeness (QED) is 0.569. The van der Waals surface area contributed by atoms with Gasteiger partial charge in [-0.2, -0.15) is 9.78 Å². The van der Waals surface area contributed by atoms with Crippen LogP contribution in [0.25, 0.3) is 11.6 Å². The molecular weight excluding hydrogens is 331 g/mol. The van der Waals surface area contributed by atoms with Crippen molar-refractivity contribution in [2.45, 2.75) is 0 Å². The lowest BCUT2D eigenvalue weighted by Gasteiger charge is -1.99. The molecule has 2 aromatic heterocycles. The Kier molecular flexibility index (Phi) is 3.92. The third-order valence-corrected chi connectivity index (χ3v) is 3.66. The maximum absolute atomic E-state index is 5.96. The van der Waals surface area contributed by atoms with Crippen LogP contribution in [0, 0.1) is 4.77 Å². The normalized spacial score (nSPS) is 11.3. The second-order valence-electron chi connectivity index (χ2n) is 4.06. The number of rotatable bonds is 3. The minimum Gasteiger partial charge on any atom is -0.461 e. The zero-order chi connectivity index (χ0) is 14.8. The van der Waals surface area contributed by atoms with E-state index in [9.17, 15) is 0 Å². The van der Waals surface area contributed by atoms with Crippen LogP contribution in [-0.4, -0.2) is 21.1 Å². The molecule has 0 fully saturated rings. The lowest BCUT2D eigenvalue weighted by atomic mass is 10.2. The van der Waals surface area contributed by atoms with Crippen LogP contribution in [0.15, 0.2) is 46.1 Å². The molecule has 0 aliphatic carbocycles. The van der Waals surface area contributed by atoms with Crippen molar-refractivity contribution >= 4 is 41.6 Å². The van der Waals surface area contributed by atoms with Gasteiger partial charge in [0.2, 0.25) is 10.6 Å². The van der Waals surface area contributed by atoms with Crippen LogP contribution < -0.4 is 0 Å². The summed E-state index contributed by atoms with van der Waals surface area (Å²) in [5.41, 5.74) is 0.790. The number of furan rings is 1. The van der Waals surface area contributed by atoms with Crippen molar-refractivity contribution in [3.63, 3.8) is 0 Å². The smallest absolute Gasteiger partial charge is 0.219 e. The van der Waals surface area contributed by atoms with E-state index in [2.05, 4.69) is 15.3 Å². The Morgan fingerprint density at radius 1 is 1.29 bits per heavy atom. The van der Waals surface area contributed by atoms with Crippen LogP contribution >= 0.6 is 35.4 Å². The van der Waals surface area contributed by atoms with Gasteiger partial charge in [-0.25, -0.2) is 5.10 Å². The van der Waals surface area contributed by atoms with Crippen molar-refractivity contribution in [2.24, 2.45) is 5.10 Å². The van der Waals surface area contributed by atoms with Gasteiger partial charge in [0.05, 0.1) is 22.5 Å². The predicted molar refractivity (Wildman–Crippen MR) is 84.6 cm³/mol. The Balaban J connectivity index is 1.98. The zero-order valence-corrected chi connectivity index (χ0v) is 12.8. The predicted octanol–water partition coefficient (Wildman–Crippen LogP) is 4.39. The lowest BCUT2D eigenvalue weighted by Crippen LogP contribution is -1.94. The molecule has 0 atom stereocenters. The summed E-state index contributed by atoms with van der Waals surface area (Å²) in [5.74, 6) is 1.05. The molecule has 0 saturated heterocycles. The van der Waals surface area contributed by atoms with Crippen LogP contribution in [-0.2, 0) is 0 Å². The summed E-state index contributed by atoms with van der Waals surface area (Å²) >= 11 is 17.0. The number of aromatic amines is 1. The average Bonchev–Trinajstić information content (AvgIpc) is 3.10. The number of benzene rings is 1. The minimum atomic E-state index is 0.359. The third kappa shape index (κ3) is 2.92. The van der Waals surface area contributed by atoms with E-state index in [1.165, 1.54) is 4.68 Å². The zero-order valence-electron chi connectivity index (χ0n) is 10.5. The van der Waals surface area contributed by atoms with Crippen molar-refractivity contribution in [3.8, 4) is 11.6 Å². The van der Waals surface area contributed by atoms with Gasteiger partial charge in [-0.3, -0.25) is 0 Å². The van der Waals surface area contributed by atoms with Gasteiger partial charge >= 0.3 is 0 Å². The number of hydrogen-bond donors (Lipinski definition) is 1. The molecule has 3 aromatic rings.